The second kappa shape index (κ2) is 6.78. The Balaban J connectivity index is 2.19. The number of halogens is 4. The van der Waals surface area contributed by atoms with Crippen LogP contribution in [0.3, 0.4) is 0 Å². The molecule has 0 fully saturated rings. The molecule has 128 valence electrons. The van der Waals surface area contributed by atoms with E-state index in [1.165, 1.54) is 17.4 Å². The molecule has 0 bridgehead atoms. The van der Waals surface area contributed by atoms with Crippen LogP contribution in [0, 0.1) is 0 Å². The van der Waals surface area contributed by atoms with Gasteiger partial charge in [-0.1, -0.05) is 23.7 Å². The Morgan fingerprint density at radius 3 is 2.54 bits per heavy atom. The highest BCUT2D eigenvalue weighted by Gasteiger charge is 2.34. The Kier molecular flexibility index (Phi) is 4.90. The summed E-state index contributed by atoms with van der Waals surface area (Å²) in [5.74, 6) is 0. The second-order valence-electron chi connectivity index (χ2n) is 5.55. The molecule has 0 saturated heterocycles. The number of aromatic nitrogens is 1. The number of hydrogen-bond donors (Lipinski definition) is 2. The minimum absolute atomic E-state index is 0.132. The van der Waals surface area contributed by atoms with Gasteiger partial charge in [0.15, 0.2) is 0 Å². The smallest absolute Gasteiger partial charge is 0.353 e. The number of aromatic amines is 1. The van der Waals surface area contributed by atoms with Gasteiger partial charge in [0.1, 0.15) is 0 Å². The lowest BCUT2D eigenvalue weighted by molar-refractivity contribution is -0.136. The molecule has 0 atom stereocenters. The SMILES string of the molecule is NCCCCc1c(-c2ccc(Cl)s2)[nH]c2c(C(F)(F)F)cccc12. The van der Waals surface area contributed by atoms with Crippen molar-refractivity contribution >= 4 is 33.8 Å². The predicted molar refractivity (Wildman–Crippen MR) is 93.6 cm³/mol. The van der Waals surface area contributed by atoms with Crippen LogP contribution in [0.5, 0.6) is 0 Å². The number of alkyl halides is 3. The van der Waals surface area contributed by atoms with Crippen LogP contribution in [-0.2, 0) is 12.6 Å². The van der Waals surface area contributed by atoms with Gasteiger partial charge in [0, 0.05) is 5.39 Å². The third kappa shape index (κ3) is 3.31. The quantitative estimate of drug-likeness (QED) is 0.542. The van der Waals surface area contributed by atoms with Crippen molar-refractivity contribution in [2.24, 2.45) is 5.73 Å². The van der Waals surface area contributed by atoms with Gasteiger partial charge in [0.2, 0.25) is 0 Å². The Morgan fingerprint density at radius 1 is 1.12 bits per heavy atom. The number of nitrogens with two attached hydrogens (primary N) is 1. The molecule has 2 heterocycles. The first kappa shape index (κ1) is 17.3. The van der Waals surface area contributed by atoms with Gasteiger partial charge < -0.3 is 10.7 Å². The topological polar surface area (TPSA) is 41.8 Å². The Hall–Kier alpha value is -1.50. The van der Waals surface area contributed by atoms with Crippen LogP contribution in [-0.4, -0.2) is 11.5 Å². The van der Waals surface area contributed by atoms with E-state index >= 15 is 0 Å². The summed E-state index contributed by atoms with van der Waals surface area (Å²) in [7, 11) is 0. The maximum absolute atomic E-state index is 13.3. The largest absolute Gasteiger partial charge is 0.418 e. The average Bonchev–Trinajstić information content (AvgIpc) is 3.10. The van der Waals surface area contributed by atoms with Gasteiger partial charge in [-0.15, -0.1) is 11.3 Å². The molecule has 2 nitrogen and oxygen atoms in total. The number of nitrogens with one attached hydrogen (secondary N) is 1. The Bertz CT molecular complexity index is 851. The maximum Gasteiger partial charge on any atom is 0.418 e. The molecule has 0 radical (unpaired) electrons. The van der Waals surface area contributed by atoms with E-state index in [1.54, 1.807) is 12.1 Å². The van der Waals surface area contributed by atoms with E-state index in [-0.39, 0.29) is 5.52 Å². The summed E-state index contributed by atoms with van der Waals surface area (Å²) in [6, 6.07) is 7.88. The van der Waals surface area contributed by atoms with Crippen molar-refractivity contribution in [1.82, 2.24) is 4.98 Å². The first-order valence-electron chi connectivity index (χ1n) is 7.58. The summed E-state index contributed by atoms with van der Waals surface area (Å²) >= 11 is 7.35. The van der Waals surface area contributed by atoms with Crippen LogP contribution < -0.4 is 5.73 Å². The molecule has 3 N–H and O–H groups in total. The molecule has 2 aromatic heterocycles. The molecular weight excluding hydrogens is 357 g/mol. The van der Waals surface area contributed by atoms with Crippen LogP contribution in [0.2, 0.25) is 4.34 Å². The van der Waals surface area contributed by atoms with Crippen LogP contribution in [0.15, 0.2) is 30.3 Å². The van der Waals surface area contributed by atoms with Crippen LogP contribution in [0.1, 0.15) is 24.0 Å². The molecule has 0 aliphatic carbocycles. The number of para-hydroxylation sites is 1. The van der Waals surface area contributed by atoms with Crippen LogP contribution in [0.4, 0.5) is 13.2 Å². The lowest BCUT2D eigenvalue weighted by atomic mass is 10.0. The molecule has 0 aliphatic heterocycles. The second-order valence-corrected chi connectivity index (χ2v) is 7.27. The van der Waals surface area contributed by atoms with Gasteiger partial charge in [0.05, 0.1) is 26.0 Å². The third-order valence-corrected chi connectivity index (χ3v) is 5.20. The van der Waals surface area contributed by atoms with E-state index < -0.39 is 11.7 Å². The summed E-state index contributed by atoms with van der Waals surface area (Å²) in [5.41, 5.74) is 6.64. The normalized spacial score (nSPS) is 12.2. The predicted octanol–water partition coefficient (Wildman–Crippen LogP) is 5.85. The number of fused-ring (bicyclic) bond motifs is 1. The van der Waals surface area contributed by atoms with E-state index in [0.29, 0.717) is 22.7 Å². The average molecular weight is 373 g/mol. The summed E-state index contributed by atoms with van der Waals surface area (Å²) in [4.78, 5) is 3.84. The van der Waals surface area contributed by atoms with Gasteiger partial charge in [-0.3, -0.25) is 0 Å². The minimum atomic E-state index is -4.40. The molecule has 0 unspecified atom stereocenters. The molecule has 0 saturated carbocycles. The summed E-state index contributed by atoms with van der Waals surface area (Å²) in [5, 5.41) is 0.612. The van der Waals surface area contributed by atoms with Crippen molar-refractivity contribution in [2.75, 3.05) is 6.54 Å². The number of unbranched alkanes of at least 4 members (excludes halogenated alkanes) is 1. The number of thiophene rings is 1. The van der Waals surface area contributed by atoms with Crippen molar-refractivity contribution < 1.29 is 13.2 Å². The Labute approximate surface area is 146 Å². The number of rotatable bonds is 5. The minimum Gasteiger partial charge on any atom is -0.353 e. The summed E-state index contributed by atoms with van der Waals surface area (Å²) in [6.07, 6.45) is -2.07. The van der Waals surface area contributed by atoms with Crippen molar-refractivity contribution in [3.63, 3.8) is 0 Å². The van der Waals surface area contributed by atoms with Gasteiger partial charge >= 0.3 is 6.18 Å². The van der Waals surface area contributed by atoms with Gasteiger partial charge in [-0.2, -0.15) is 13.2 Å². The number of aryl methyl sites for hydroxylation is 1. The summed E-state index contributed by atoms with van der Waals surface area (Å²) in [6.45, 7) is 0.566. The van der Waals surface area contributed by atoms with E-state index in [2.05, 4.69) is 4.98 Å². The fourth-order valence-corrected chi connectivity index (χ4v) is 3.95. The molecule has 1 aromatic carbocycles. The fraction of sp³-hybridized carbons (Fsp3) is 0.294. The van der Waals surface area contributed by atoms with Crippen molar-refractivity contribution in [3.8, 4) is 10.6 Å². The standard InChI is InChI=1S/C17H16ClF3N2S/c18-14-8-7-13(24-14)16-11(4-1-2-9-22)10-5-3-6-12(15(10)23-16)17(19,20)21/h3,5-8,23H,1-2,4,9,22H2. The highest BCUT2D eigenvalue weighted by atomic mass is 35.5. The summed E-state index contributed by atoms with van der Waals surface area (Å²) < 4.78 is 40.6. The first-order chi connectivity index (χ1) is 11.4. The van der Waals surface area contributed by atoms with Gasteiger partial charge in [0.25, 0.3) is 0 Å². The fourth-order valence-electron chi connectivity index (χ4n) is 2.87. The molecule has 3 rings (SSSR count). The van der Waals surface area contributed by atoms with Crippen molar-refractivity contribution in [3.05, 3.63) is 45.8 Å². The van der Waals surface area contributed by atoms with Crippen LogP contribution in [0.25, 0.3) is 21.5 Å². The van der Waals surface area contributed by atoms with E-state index in [0.717, 1.165) is 35.0 Å². The molecular formula is C17H16ClF3N2S. The third-order valence-electron chi connectivity index (χ3n) is 3.95. The van der Waals surface area contributed by atoms with Gasteiger partial charge in [-0.05, 0) is 49.6 Å². The van der Waals surface area contributed by atoms with E-state index in [4.69, 9.17) is 17.3 Å². The molecule has 3 aromatic rings. The monoisotopic (exact) mass is 372 g/mol. The van der Waals surface area contributed by atoms with Gasteiger partial charge in [-0.25, -0.2) is 0 Å². The number of hydrogen-bond acceptors (Lipinski definition) is 2. The van der Waals surface area contributed by atoms with E-state index in [1.807, 2.05) is 6.07 Å². The Morgan fingerprint density at radius 2 is 1.92 bits per heavy atom. The highest BCUT2D eigenvalue weighted by Crippen LogP contribution is 2.41. The number of H-pyrrole nitrogens is 1. The first-order valence-corrected chi connectivity index (χ1v) is 8.78. The maximum atomic E-state index is 13.3. The molecule has 24 heavy (non-hydrogen) atoms. The van der Waals surface area contributed by atoms with Crippen molar-refractivity contribution in [1.29, 1.82) is 0 Å². The zero-order valence-electron chi connectivity index (χ0n) is 12.7. The van der Waals surface area contributed by atoms with Crippen molar-refractivity contribution in [2.45, 2.75) is 25.4 Å². The lowest BCUT2D eigenvalue weighted by Gasteiger charge is -2.07. The zero-order chi connectivity index (χ0) is 17.3. The number of benzene rings is 1. The van der Waals surface area contributed by atoms with Crippen LogP contribution >= 0.6 is 22.9 Å². The molecule has 0 amide bonds. The zero-order valence-corrected chi connectivity index (χ0v) is 14.3. The lowest BCUT2D eigenvalue weighted by Crippen LogP contribution is -2.05. The molecule has 7 heteroatoms. The van der Waals surface area contributed by atoms with E-state index in [9.17, 15) is 13.2 Å². The highest BCUT2D eigenvalue weighted by molar-refractivity contribution is 7.19. The molecule has 0 aliphatic rings. The molecule has 0 spiro atoms.